The van der Waals surface area contributed by atoms with Gasteiger partial charge in [-0.25, -0.2) is 0 Å². The second-order valence-electron chi connectivity index (χ2n) is 8.99. The molecule has 0 N–H and O–H groups in total. The van der Waals surface area contributed by atoms with Crippen LogP contribution in [0.2, 0.25) is 0 Å². The lowest BCUT2D eigenvalue weighted by Crippen LogP contribution is -2.61. The third-order valence-electron chi connectivity index (χ3n) is 6.98. The van der Waals surface area contributed by atoms with Crippen molar-refractivity contribution in [2.45, 2.75) is 96.9 Å². The highest BCUT2D eigenvalue weighted by molar-refractivity contribution is 8.13. The SMILES string of the molecule is CC[C@H]1O[C@@H]2[C@H](C[C@H]1C)O[C@]1(C[C@H](C)[C@H](C)[C@H](CC(=O)SC)O1)C[C@@H]2C. The summed E-state index contributed by atoms with van der Waals surface area (Å²) in [5, 5.41) is 0.202. The van der Waals surface area contributed by atoms with Crippen LogP contribution in [0.25, 0.3) is 0 Å². The fourth-order valence-corrected chi connectivity index (χ4v) is 5.61. The molecule has 3 saturated heterocycles. The summed E-state index contributed by atoms with van der Waals surface area (Å²) in [6.07, 6.45) is 6.78. The highest BCUT2D eigenvalue weighted by Crippen LogP contribution is 2.49. The van der Waals surface area contributed by atoms with Crippen molar-refractivity contribution in [1.29, 1.82) is 0 Å². The van der Waals surface area contributed by atoms with Crippen molar-refractivity contribution in [3.05, 3.63) is 0 Å². The summed E-state index contributed by atoms with van der Waals surface area (Å²) in [6, 6.07) is 0. The molecule has 3 fully saturated rings. The fraction of sp³-hybridized carbons (Fsp3) is 0.952. The number of hydrogen-bond acceptors (Lipinski definition) is 5. The minimum Gasteiger partial charge on any atom is -0.372 e. The third kappa shape index (κ3) is 4.01. The minimum absolute atomic E-state index is 0.0484. The van der Waals surface area contributed by atoms with Gasteiger partial charge in [-0.2, -0.15) is 0 Å². The Morgan fingerprint density at radius 3 is 2.38 bits per heavy atom. The predicted molar refractivity (Wildman–Crippen MR) is 105 cm³/mol. The van der Waals surface area contributed by atoms with Gasteiger partial charge >= 0.3 is 0 Å². The van der Waals surface area contributed by atoms with Crippen LogP contribution in [0.3, 0.4) is 0 Å². The van der Waals surface area contributed by atoms with E-state index in [1.807, 2.05) is 6.26 Å². The highest BCUT2D eigenvalue weighted by Gasteiger charge is 2.54. The van der Waals surface area contributed by atoms with Gasteiger partial charge in [-0.05, 0) is 42.8 Å². The van der Waals surface area contributed by atoms with Crippen LogP contribution in [0, 0.1) is 23.7 Å². The van der Waals surface area contributed by atoms with Gasteiger partial charge in [-0.1, -0.05) is 46.4 Å². The average Bonchev–Trinajstić information content (AvgIpc) is 2.58. The van der Waals surface area contributed by atoms with Gasteiger partial charge in [-0.15, -0.1) is 0 Å². The molecule has 9 atom stereocenters. The normalized spacial score (nSPS) is 49.0. The first-order chi connectivity index (χ1) is 12.3. The second kappa shape index (κ2) is 8.10. The maximum absolute atomic E-state index is 12.0. The molecule has 0 aromatic carbocycles. The third-order valence-corrected chi connectivity index (χ3v) is 7.60. The molecule has 4 nitrogen and oxygen atoms in total. The number of carbonyl (C=O) groups excluding carboxylic acids is 1. The Labute approximate surface area is 163 Å². The summed E-state index contributed by atoms with van der Waals surface area (Å²) < 4.78 is 19.6. The molecule has 0 unspecified atom stereocenters. The van der Waals surface area contributed by atoms with Crippen LogP contribution in [0.1, 0.15) is 66.7 Å². The Morgan fingerprint density at radius 1 is 1.04 bits per heavy atom. The minimum atomic E-state index is -0.544. The summed E-state index contributed by atoms with van der Waals surface area (Å²) in [7, 11) is 0. The van der Waals surface area contributed by atoms with Crippen LogP contribution in [0.4, 0.5) is 0 Å². The molecule has 1 spiro atoms. The summed E-state index contributed by atoms with van der Waals surface area (Å²) in [6.45, 7) is 11.2. The van der Waals surface area contributed by atoms with Crippen LogP contribution in [-0.4, -0.2) is 41.6 Å². The predicted octanol–water partition coefficient (Wildman–Crippen LogP) is 4.65. The van der Waals surface area contributed by atoms with Crippen molar-refractivity contribution in [3.63, 3.8) is 0 Å². The molecular weight excluding hydrogens is 348 g/mol. The fourth-order valence-electron chi connectivity index (χ4n) is 5.28. The maximum Gasteiger partial charge on any atom is 0.191 e. The first-order valence-corrected chi connectivity index (χ1v) is 11.6. The Hall–Kier alpha value is -0.100. The lowest BCUT2D eigenvalue weighted by Gasteiger charge is -2.56. The molecule has 0 amide bonds. The zero-order chi connectivity index (χ0) is 19.1. The van der Waals surface area contributed by atoms with Gasteiger partial charge in [0.25, 0.3) is 0 Å². The van der Waals surface area contributed by atoms with E-state index in [1.54, 1.807) is 0 Å². The molecular formula is C21H36O4S. The number of thioether (sulfide) groups is 1. The van der Waals surface area contributed by atoms with Crippen LogP contribution < -0.4 is 0 Å². The lowest BCUT2D eigenvalue weighted by atomic mass is 9.75. The summed E-state index contributed by atoms with van der Waals surface area (Å²) >= 11 is 1.30. The van der Waals surface area contributed by atoms with Gasteiger partial charge in [-0.3, -0.25) is 4.79 Å². The summed E-state index contributed by atoms with van der Waals surface area (Å²) in [5.74, 6) is 1.24. The molecule has 3 aliphatic heterocycles. The van der Waals surface area contributed by atoms with E-state index in [9.17, 15) is 4.79 Å². The topological polar surface area (TPSA) is 44.8 Å². The van der Waals surface area contributed by atoms with E-state index in [-0.39, 0.29) is 23.4 Å². The van der Waals surface area contributed by atoms with Gasteiger partial charge in [0.05, 0.1) is 24.4 Å². The zero-order valence-electron chi connectivity index (χ0n) is 17.2. The summed E-state index contributed by atoms with van der Waals surface area (Å²) in [4.78, 5) is 12.0. The molecule has 0 aliphatic carbocycles. The zero-order valence-corrected chi connectivity index (χ0v) is 18.0. The molecule has 5 heteroatoms. The van der Waals surface area contributed by atoms with Crippen LogP contribution in [-0.2, 0) is 19.0 Å². The molecule has 0 radical (unpaired) electrons. The molecule has 3 heterocycles. The first-order valence-electron chi connectivity index (χ1n) is 10.4. The average molecular weight is 385 g/mol. The van der Waals surface area contributed by atoms with E-state index in [2.05, 4.69) is 34.6 Å². The monoisotopic (exact) mass is 384 g/mol. The second-order valence-corrected chi connectivity index (χ2v) is 9.85. The van der Waals surface area contributed by atoms with Crippen molar-refractivity contribution >= 4 is 16.9 Å². The number of carbonyl (C=O) groups is 1. The highest BCUT2D eigenvalue weighted by atomic mass is 32.2. The lowest BCUT2D eigenvalue weighted by molar-refractivity contribution is -0.368. The molecule has 0 aromatic heterocycles. The van der Waals surface area contributed by atoms with Crippen molar-refractivity contribution in [3.8, 4) is 0 Å². The van der Waals surface area contributed by atoms with E-state index in [1.165, 1.54) is 11.8 Å². The van der Waals surface area contributed by atoms with Crippen molar-refractivity contribution in [2.24, 2.45) is 23.7 Å². The molecule has 3 aliphatic rings. The standard InChI is InChI=1S/C21H36O4S/c1-7-16-12(2)8-18-20(23-16)14(4)11-21(25-18)10-13(3)15(5)17(24-21)9-19(22)26-6/h12-18,20H,7-11H2,1-6H3/t12-,13+,14+,15+,16-,17+,18+,20+,21-/m1/s1. The van der Waals surface area contributed by atoms with Gasteiger partial charge in [0.2, 0.25) is 0 Å². The van der Waals surface area contributed by atoms with E-state index in [4.69, 9.17) is 14.2 Å². The van der Waals surface area contributed by atoms with Gasteiger partial charge in [0, 0.05) is 19.3 Å². The van der Waals surface area contributed by atoms with Crippen molar-refractivity contribution in [1.82, 2.24) is 0 Å². The molecule has 0 aromatic rings. The number of hydrogen-bond donors (Lipinski definition) is 0. The Bertz CT molecular complexity index is 512. The van der Waals surface area contributed by atoms with Gasteiger partial charge in [0.15, 0.2) is 10.9 Å². The Balaban J connectivity index is 1.76. The Kier molecular flexibility index (Phi) is 6.43. The number of ether oxygens (including phenoxy) is 3. The van der Waals surface area contributed by atoms with Crippen LogP contribution in [0.15, 0.2) is 0 Å². The van der Waals surface area contributed by atoms with E-state index in [0.29, 0.717) is 36.2 Å². The van der Waals surface area contributed by atoms with E-state index < -0.39 is 5.79 Å². The Morgan fingerprint density at radius 2 is 1.73 bits per heavy atom. The number of rotatable bonds is 3. The van der Waals surface area contributed by atoms with Crippen molar-refractivity contribution in [2.75, 3.05) is 6.26 Å². The van der Waals surface area contributed by atoms with Crippen molar-refractivity contribution < 1.29 is 19.0 Å². The first kappa shape index (κ1) is 20.6. The van der Waals surface area contributed by atoms with Gasteiger partial charge < -0.3 is 14.2 Å². The van der Waals surface area contributed by atoms with E-state index >= 15 is 0 Å². The molecule has 3 rings (SSSR count). The molecule has 0 saturated carbocycles. The smallest absolute Gasteiger partial charge is 0.191 e. The number of fused-ring (bicyclic) bond motifs is 1. The molecule has 0 bridgehead atoms. The maximum atomic E-state index is 12.0. The van der Waals surface area contributed by atoms with Gasteiger partial charge in [0.1, 0.15) is 0 Å². The quantitative estimate of drug-likeness (QED) is 0.708. The molecule has 150 valence electrons. The largest absolute Gasteiger partial charge is 0.372 e. The summed E-state index contributed by atoms with van der Waals surface area (Å²) in [5.41, 5.74) is 0. The molecule has 26 heavy (non-hydrogen) atoms. The van der Waals surface area contributed by atoms with Crippen LogP contribution in [0.5, 0.6) is 0 Å². The van der Waals surface area contributed by atoms with E-state index in [0.717, 1.165) is 25.7 Å². The van der Waals surface area contributed by atoms with Crippen LogP contribution >= 0.6 is 11.8 Å².